The lowest BCUT2D eigenvalue weighted by atomic mass is 9.77. The Morgan fingerprint density at radius 1 is 1.53 bits per heavy atom. The number of ether oxygens (including phenoxy) is 1. The molecule has 1 rings (SSSR count). The number of esters is 1. The molecule has 1 unspecified atom stereocenters. The van der Waals surface area contributed by atoms with E-state index in [-0.39, 0.29) is 25.4 Å². The van der Waals surface area contributed by atoms with Gasteiger partial charge in [0.2, 0.25) is 0 Å². The first-order valence-corrected chi connectivity index (χ1v) is 7.08. The number of nitrogens with zero attached hydrogens (tertiary/aromatic N) is 1. The minimum absolute atomic E-state index is 0.0772. The minimum atomic E-state index is -1.52. The minimum Gasteiger partial charge on any atom is -0.480 e. The first-order chi connectivity index (χ1) is 8.92. The van der Waals surface area contributed by atoms with Gasteiger partial charge in [0.1, 0.15) is 0 Å². The molecule has 0 aliphatic carbocycles. The lowest BCUT2D eigenvalue weighted by Gasteiger charge is -2.28. The summed E-state index contributed by atoms with van der Waals surface area (Å²) in [5, 5.41) is 9.55. The van der Waals surface area contributed by atoms with Crippen LogP contribution in [-0.2, 0) is 20.7 Å². The van der Waals surface area contributed by atoms with Crippen LogP contribution in [0.4, 0.5) is 0 Å². The topological polar surface area (TPSA) is 76.5 Å². The lowest BCUT2D eigenvalue weighted by molar-refractivity contribution is -0.170. The van der Waals surface area contributed by atoms with Gasteiger partial charge in [-0.1, -0.05) is 13.8 Å². The van der Waals surface area contributed by atoms with Gasteiger partial charge in [0.25, 0.3) is 0 Å². The van der Waals surface area contributed by atoms with E-state index in [1.807, 2.05) is 13.8 Å². The van der Waals surface area contributed by atoms with Crippen molar-refractivity contribution in [3.05, 3.63) is 16.6 Å². The first-order valence-electron chi connectivity index (χ1n) is 6.20. The van der Waals surface area contributed by atoms with Gasteiger partial charge in [0.05, 0.1) is 12.1 Å². The molecule has 1 N–H and O–H groups in total. The summed E-state index contributed by atoms with van der Waals surface area (Å²) < 4.78 is 4.98. The third-order valence-electron chi connectivity index (χ3n) is 2.79. The Kier molecular flexibility index (Phi) is 5.47. The van der Waals surface area contributed by atoms with Gasteiger partial charge in [-0.2, -0.15) is 0 Å². The third-order valence-corrected chi connectivity index (χ3v) is 3.57. The summed E-state index contributed by atoms with van der Waals surface area (Å²) in [6.07, 6.45) is 1.98. The number of carbonyl (C=O) groups is 2. The van der Waals surface area contributed by atoms with Gasteiger partial charge in [-0.3, -0.25) is 14.6 Å². The number of carbonyl (C=O) groups excluding carboxylic acids is 1. The second-order valence-corrected chi connectivity index (χ2v) is 5.82. The van der Waals surface area contributed by atoms with E-state index < -0.39 is 17.4 Å². The Balaban J connectivity index is 3.10. The molecule has 1 atom stereocenters. The highest BCUT2D eigenvalue weighted by Crippen LogP contribution is 2.34. The molecule has 1 heterocycles. The maximum atomic E-state index is 12.1. The van der Waals surface area contributed by atoms with Crippen molar-refractivity contribution < 1.29 is 19.4 Å². The molecule has 1 aromatic rings. The van der Waals surface area contributed by atoms with Crippen LogP contribution in [0.3, 0.4) is 0 Å². The summed E-state index contributed by atoms with van der Waals surface area (Å²) in [4.78, 5) is 28.5. The highest BCUT2D eigenvalue weighted by molar-refractivity contribution is 7.09. The molecule has 0 aromatic carbocycles. The summed E-state index contributed by atoms with van der Waals surface area (Å²) in [5.74, 6) is -1.72. The predicted molar refractivity (Wildman–Crippen MR) is 72.0 cm³/mol. The van der Waals surface area contributed by atoms with Gasteiger partial charge in [-0.05, 0) is 19.3 Å². The van der Waals surface area contributed by atoms with Crippen LogP contribution in [0, 0.1) is 11.3 Å². The number of hydrogen-bond acceptors (Lipinski definition) is 5. The molecular weight excluding hydrogens is 266 g/mol. The quantitative estimate of drug-likeness (QED) is 0.615. The van der Waals surface area contributed by atoms with E-state index in [9.17, 15) is 14.7 Å². The molecule has 6 heteroatoms. The van der Waals surface area contributed by atoms with Crippen molar-refractivity contribution in [2.75, 3.05) is 6.61 Å². The van der Waals surface area contributed by atoms with Gasteiger partial charge in [0.15, 0.2) is 5.41 Å². The zero-order valence-corrected chi connectivity index (χ0v) is 12.2. The van der Waals surface area contributed by atoms with E-state index in [1.165, 1.54) is 11.3 Å². The molecule has 0 radical (unpaired) electrons. The van der Waals surface area contributed by atoms with E-state index in [2.05, 4.69) is 4.98 Å². The van der Waals surface area contributed by atoms with Gasteiger partial charge in [-0.15, -0.1) is 11.3 Å². The van der Waals surface area contributed by atoms with Gasteiger partial charge in [-0.25, -0.2) is 0 Å². The second-order valence-electron chi connectivity index (χ2n) is 4.85. The lowest BCUT2D eigenvalue weighted by Crippen LogP contribution is -2.43. The maximum absolute atomic E-state index is 12.1. The molecule has 0 saturated carbocycles. The molecule has 5 nitrogen and oxygen atoms in total. The van der Waals surface area contributed by atoms with Crippen LogP contribution in [0.5, 0.6) is 0 Å². The molecule has 106 valence electrons. The summed E-state index contributed by atoms with van der Waals surface area (Å²) >= 11 is 1.35. The molecule has 0 aliphatic rings. The molecular formula is C13H19NO4S. The average molecular weight is 285 g/mol. The summed E-state index contributed by atoms with van der Waals surface area (Å²) in [5.41, 5.74) is 0.110. The van der Waals surface area contributed by atoms with Crippen molar-refractivity contribution in [3.63, 3.8) is 0 Å². The third kappa shape index (κ3) is 3.76. The molecule has 0 bridgehead atoms. The standard InChI is InChI=1S/C13H19NO4S/c1-4-18-12(17)13(11(15)16,5-9(2)3)6-10-7-14-8-19-10/h7-9H,4-6H2,1-3H3,(H,15,16). The zero-order chi connectivity index (χ0) is 14.5. The van der Waals surface area contributed by atoms with Gasteiger partial charge >= 0.3 is 11.9 Å². The number of hydrogen-bond donors (Lipinski definition) is 1. The number of rotatable bonds is 7. The van der Waals surface area contributed by atoms with Crippen molar-refractivity contribution in [3.8, 4) is 0 Å². The largest absolute Gasteiger partial charge is 0.480 e. The number of aromatic nitrogens is 1. The average Bonchev–Trinajstić information content (AvgIpc) is 2.80. The Bertz CT molecular complexity index is 430. The van der Waals surface area contributed by atoms with Crippen molar-refractivity contribution in [2.45, 2.75) is 33.6 Å². The highest BCUT2D eigenvalue weighted by Gasteiger charge is 2.48. The summed E-state index contributed by atoms with van der Waals surface area (Å²) in [6, 6.07) is 0. The van der Waals surface area contributed by atoms with E-state index in [4.69, 9.17) is 4.74 Å². The fourth-order valence-corrected chi connectivity index (χ4v) is 2.78. The Labute approximate surface area is 116 Å². The number of aliphatic carboxylic acids is 1. The molecule has 0 aliphatic heterocycles. The summed E-state index contributed by atoms with van der Waals surface area (Å²) in [7, 11) is 0. The zero-order valence-electron chi connectivity index (χ0n) is 11.4. The van der Waals surface area contributed by atoms with Crippen LogP contribution in [-0.4, -0.2) is 28.6 Å². The van der Waals surface area contributed by atoms with Gasteiger partial charge < -0.3 is 9.84 Å². The van der Waals surface area contributed by atoms with Gasteiger partial charge in [0, 0.05) is 17.5 Å². The van der Waals surface area contributed by atoms with Crippen LogP contribution in [0.25, 0.3) is 0 Å². The monoisotopic (exact) mass is 285 g/mol. The SMILES string of the molecule is CCOC(=O)C(Cc1cncs1)(CC(C)C)C(=O)O. The highest BCUT2D eigenvalue weighted by atomic mass is 32.1. The number of thiazole rings is 1. The van der Waals surface area contributed by atoms with Crippen molar-refractivity contribution in [1.82, 2.24) is 4.98 Å². The van der Waals surface area contributed by atoms with Crippen LogP contribution in [0.15, 0.2) is 11.7 Å². The predicted octanol–water partition coefficient (Wildman–Crippen LogP) is 2.37. The number of carboxylic acid groups (broad SMARTS) is 1. The Morgan fingerprint density at radius 3 is 2.63 bits per heavy atom. The van der Waals surface area contributed by atoms with Crippen LogP contribution < -0.4 is 0 Å². The fourth-order valence-electron chi connectivity index (χ4n) is 2.07. The maximum Gasteiger partial charge on any atom is 0.323 e. The molecule has 0 saturated heterocycles. The number of carboxylic acids is 1. The second kappa shape index (κ2) is 6.65. The fraction of sp³-hybridized carbons (Fsp3) is 0.615. The molecule has 0 spiro atoms. The Hall–Kier alpha value is -1.43. The van der Waals surface area contributed by atoms with E-state index in [0.29, 0.717) is 0 Å². The smallest absolute Gasteiger partial charge is 0.323 e. The molecule has 0 fully saturated rings. The Morgan fingerprint density at radius 2 is 2.21 bits per heavy atom. The molecule has 1 aromatic heterocycles. The first kappa shape index (κ1) is 15.6. The summed E-state index contributed by atoms with van der Waals surface area (Å²) in [6.45, 7) is 5.63. The van der Waals surface area contributed by atoms with Crippen molar-refractivity contribution in [1.29, 1.82) is 0 Å². The van der Waals surface area contributed by atoms with E-state index in [1.54, 1.807) is 18.6 Å². The van der Waals surface area contributed by atoms with Crippen LogP contribution >= 0.6 is 11.3 Å². The van der Waals surface area contributed by atoms with Crippen molar-refractivity contribution >= 4 is 23.3 Å². The molecule has 0 amide bonds. The van der Waals surface area contributed by atoms with Crippen LogP contribution in [0.2, 0.25) is 0 Å². The van der Waals surface area contributed by atoms with Crippen LogP contribution in [0.1, 0.15) is 32.1 Å². The van der Waals surface area contributed by atoms with E-state index in [0.717, 1.165) is 4.88 Å². The van der Waals surface area contributed by atoms with E-state index >= 15 is 0 Å². The molecule has 19 heavy (non-hydrogen) atoms. The normalized spacial score (nSPS) is 14.1. The van der Waals surface area contributed by atoms with Crippen molar-refractivity contribution in [2.24, 2.45) is 11.3 Å².